The molecule has 0 radical (unpaired) electrons. The summed E-state index contributed by atoms with van der Waals surface area (Å²) in [6, 6.07) is 12.4. The van der Waals surface area contributed by atoms with E-state index in [-0.39, 0.29) is 22.5 Å². The van der Waals surface area contributed by atoms with Crippen LogP contribution in [0.3, 0.4) is 0 Å². The standard InChI is InChI=1S/C18H17ClN4O4S2/c1-2-17-21-22-18(28-17)23-29(25,26)15-9-5-13(6-10-15)20-16(24)11-27-14-7-3-12(19)4-8-14/h3-10H,2,11H2,1H3,(H,20,24)(H,22,23). The molecule has 1 heterocycles. The van der Waals surface area contributed by atoms with E-state index in [9.17, 15) is 13.2 Å². The Morgan fingerprint density at radius 3 is 2.41 bits per heavy atom. The molecule has 3 aromatic rings. The van der Waals surface area contributed by atoms with Crippen LogP contribution in [-0.2, 0) is 21.2 Å². The molecular formula is C18H17ClN4O4S2. The Hall–Kier alpha value is -2.69. The van der Waals surface area contributed by atoms with Crippen LogP contribution in [0, 0.1) is 0 Å². The van der Waals surface area contributed by atoms with Crippen molar-refractivity contribution in [3.8, 4) is 5.75 Å². The Balaban J connectivity index is 1.57. The number of nitrogens with one attached hydrogen (secondary N) is 2. The molecule has 3 rings (SSSR count). The molecule has 0 unspecified atom stereocenters. The van der Waals surface area contributed by atoms with Crippen molar-refractivity contribution in [2.45, 2.75) is 18.2 Å². The van der Waals surface area contributed by atoms with Crippen LogP contribution in [0.2, 0.25) is 5.02 Å². The van der Waals surface area contributed by atoms with Crippen molar-refractivity contribution in [3.63, 3.8) is 0 Å². The molecule has 2 N–H and O–H groups in total. The van der Waals surface area contributed by atoms with Gasteiger partial charge in [0, 0.05) is 10.7 Å². The Morgan fingerprint density at radius 1 is 1.10 bits per heavy atom. The molecule has 152 valence electrons. The topological polar surface area (TPSA) is 110 Å². The first-order chi connectivity index (χ1) is 13.9. The maximum absolute atomic E-state index is 12.4. The van der Waals surface area contributed by atoms with E-state index in [2.05, 4.69) is 20.2 Å². The van der Waals surface area contributed by atoms with Crippen LogP contribution >= 0.6 is 22.9 Å². The summed E-state index contributed by atoms with van der Waals surface area (Å²) in [5.74, 6) is 0.134. The summed E-state index contributed by atoms with van der Waals surface area (Å²) in [4.78, 5) is 12.0. The van der Waals surface area contributed by atoms with E-state index < -0.39 is 10.0 Å². The number of benzene rings is 2. The maximum Gasteiger partial charge on any atom is 0.263 e. The second kappa shape index (κ2) is 9.21. The van der Waals surface area contributed by atoms with E-state index in [1.54, 1.807) is 24.3 Å². The zero-order chi connectivity index (χ0) is 20.9. The third-order valence-electron chi connectivity index (χ3n) is 3.62. The van der Waals surface area contributed by atoms with Gasteiger partial charge in [-0.3, -0.25) is 9.52 Å². The van der Waals surface area contributed by atoms with Crippen LogP contribution in [0.4, 0.5) is 10.8 Å². The van der Waals surface area contributed by atoms with Gasteiger partial charge >= 0.3 is 0 Å². The van der Waals surface area contributed by atoms with Gasteiger partial charge in [0.15, 0.2) is 6.61 Å². The van der Waals surface area contributed by atoms with Crippen molar-refractivity contribution >= 4 is 49.7 Å². The van der Waals surface area contributed by atoms with Gasteiger partial charge in [0.25, 0.3) is 15.9 Å². The molecule has 0 atom stereocenters. The van der Waals surface area contributed by atoms with Crippen LogP contribution in [0.5, 0.6) is 5.75 Å². The van der Waals surface area contributed by atoms with E-state index in [1.165, 1.54) is 35.6 Å². The first-order valence-electron chi connectivity index (χ1n) is 8.49. The van der Waals surface area contributed by atoms with Crippen molar-refractivity contribution in [2.24, 2.45) is 0 Å². The Morgan fingerprint density at radius 2 is 1.79 bits per heavy atom. The van der Waals surface area contributed by atoms with Crippen LogP contribution in [0.25, 0.3) is 0 Å². The molecule has 0 bridgehead atoms. The number of hydrogen-bond acceptors (Lipinski definition) is 7. The average Bonchev–Trinajstić information content (AvgIpc) is 3.15. The molecule has 8 nitrogen and oxygen atoms in total. The molecule has 2 aromatic carbocycles. The molecule has 0 fully saturated rings. The highest BCUT2D eigenvalue weighted by atomic mass is 35.5. The predicted octanol–water partition coefficient (Wildman–Crippen LogP) is 3.57. The molecule has 29 heavy (non-hydrogen) atoms. The number of sulfonamides is 1. The summed E-state index contributed by atoms with van der Waals surface area (Å²) in [5, 5.41) is 11.8. The molecule has 0 spiro atoms. The van der Waals surface area contributed by atoms with Crippen molar-refractivity contribution in [1.29, 1.82) is 0 Å². The summed E-state index contributed by atoms with van der Waals surface area (Å²) in [7, 11) is -3.79. The number of nitrogens with zero attached hydrogens (tertiary/aromatic N) is 2. The molecule has 0 saturated heterocycles. The number of carbonyl (C=O) groups is 1. The highest BCUT2D eigenvalue weighted by Gasteiger charge is 2.17. The fraction of sp³-hybridized carbons (Fsp3) is 0.167. The molecule has 0 aliphatic carbocycles. The first kappa shape index (κ1) is 21.0. The minimum absolute atomic E-state index is 0.0427. The van der Waals surface area contributed by atoms with Crippen LogP contribution in [-0.4, -0.2) is 31.1 Å². The SMILES string of the molecule is CCc1nnc(NS(=O)(=O)c2ccc(NC(=O)COc3ccc(Cl)cc3)cc2)s1. The predicted molar refractivity (Wildman–Crippen MR) is 112 cm³/mol. The van der Waals surface area contributed by atoms with E-state index in [0.29, 0.717) is 22.9 Å². The zero-order valence-electron chi connectivity index (χ0n) is 15.3. The molecule has 1 amide bonds. The van der Waals surface area contributed by atoms with Crippen LogP contribution < -0.4 is 14.8 Å². The number of carbonyl (C=O) groups excluding carboxylic acids is 1. The van der Waals surface area contributed by atoms with Crippen LogP contribution in [0.15, 0.2) is 53.4 Å². The Kier molecular flexibility index (Phi) is 6.68. The third-order valence-corrected chi connectivity index (χ3v) is 6.34. The van der Waals surface area contributed by atoms with Gasteiger partial charge in [-0.1, -0.05) is 29.9 Å². The quantitative estimate of drug-likeness (QED) is 0.540. The van der Waals surface area contributed by atoms with Gasteiger partial charge in [-0.25, -0.2) is 8.42 Å². The molecule has 11 heteroatoms. The summed E-state index contributed by atoms with van der Waals surface area (Å²) in [6.07, 6.45) is 0.676. The summed E-state index contributed by atoms with van der Waals surface area (Å²) in [5.41, 5.74) is 0.442. The lowest BCUT2D eigenvalue weighted by atomic mass is 10.3. The van der Waals surface area contributed by atoms with Gasteiger partial charge in [-0.15, -0.1) is 10.2 Å². The van der Waals surface area contributed by atoms with Gasteiger partial charge < -0.3 is 10.1 Å². The van der Waals surface area contributed by atoms with Crippen molar-refractivity contribution in [3.05, 3.63) is 58.6 Å². The smallest absolute Gasteiger partial charge is 0.263 e. The van der Waals surface area contributed by atoms with Crippen molar-refractivity contribution < 1.29 is 17.9 Å². The third kappa shape index (κ3) is 5.89. The van der Waals surface area contributed by atoms with E-state index in [1.807, 2.05) is 6.92 Å². The van der Waals surface area contributed by atoms with Gasteiger partial charge in [-0.2, -0.15) is 0 Å². The summed E-state index contributed by atoms with van der Waals surface area (Å²) in [6.45, 7) is 1.71. The number of rotatable bonds is 8. The minimum Gasteiger partial charge on any atom is -0.484 e. The van der Waals surface area contributed by atoms with Crippen molar-refractivity contribution in [1.82, 2.24) is 10.2 Å². The molecule has 1 aromatic heterocycles. The number of amides is 1. The zero-order valence-corrected chi connectivity index (χ0v) is 17.6. The first-order valence-corrected chi connectivity index (χ1v) is 11.2. The molecule has 0 aliphatic rings. The minimum atomic E-state index is -3.79. The number of hydrogen-bond donors (Lipinski definition) is 2. The lowest BCUT2D eigenvalue weighted by Crippen LogP contribution is -2.20. The second-order valence-electron chi connectivity index (χ2n) is 5.78. The second-order valence-corrected chi connectivity index (χ2v) is 8.96. The van der Waals surface area contributed by atoms with Gasteiger partial charge in [-0.05, 0) is 55.0 Å². The normalized spacial score (nSPS) is 11.1. The summed E-state index contributed by atoms with van der Waals surface area (Å²) < 4.78 is 32.6. The number of ether oxygens (including phenoxy) is 1. The average molecular weight is 453 g/mol. The van der Waals surface area contributed by atoms with Gasteiger partial charge in [0.2, 0.25) is 5.13 Å². The highest BCUT2D eigenvalue weighted by molar-refractivity contribution is 7.93. The fourth-order valence-electron chi connectivity index (χ4n) is 2.21. The number of aryl methyl sites for hydroxylation is 1. The molecule has 0 aliphatic heterocycles. The van der Waals surface area contributed by atoms with Gasteiger partial charge in [0.1, 0.15) is 10.8 Å². The number of anilines is 2. The maximum atomic E-state index is 12.4. The van der Waals surface area contributed by atoms with Gasteiger partial charge in [0.05, 0.1) is 4.90 Å². The van der Waals surface area contributed by atoms with E-state index >= 15 is 0 Å². The van der Waals surface area contributed by atoms with Crippen LogP contribution in [0.1, 0.15) is 11.9 Å². The lowest BCUT2D eigenvalue weighted by Gasteiger charge is -2.09. The van der Waals surface area contributed by atoms with E-state index in [4.69, 9.17) is 16.3 Å². The molecular weight excluding hydrogens is 436 g/mol. The highest BCUT2D eigenvalue weighted by Crippen LogP contribution is 2.21. The fourth-order valence-corrected chi connectivity index (χ4v) is 4.24. The largest absolute Gasteiger partial charge is 0.484 e. The number of halogens is 1. The van der Waals surface area contributed by atoms with E-state index in [0.717, 1.165) is 5.01 Å². The Bertz CT molecular complexity index is 1080. The number of aromatic nitrogens is 2. The monoisotopic (exact) mass is 452 g/mol. The lowest BCUT2D eigenvalue weighted by molar-refractivity contribution is -0.118. The Labute approximate surface area is 176 Å². The van der Waals surface area contributed by atoms with Crippen molar-refractivity contribution in [2.75, 3.05) is 16.6 Å². The molecule has 0 saturated carbocycles. The summed E-state index contributed by atoms with van der Waals surface area (Å²) >= 11 is 6.97.